The third-order valence-corrected chi connectivity index (χ3v) is 2.63. The molecule has 0 aliphatic rings. The summed E-state index contributed by atoms with van der Waals surface area (Å²) in [6.45, 7) is 0.596. The molecule has 0 aromatic heterocycles. The lowest BCUT2D eigenvalue weighted by Crippen LogP contribution is -2.39. The minimum absolute atomic E-state index is 0.0368. The summed E-state index contributed by atoms with van der Waals surface area (Å²) in [5.41, 5.74) is 0.0368. The Bertz CT molecular complexity index is 431. The number of nitrogens with one attached hydrogen (secondary N) is 1. The van der Waals surface area contributed by atoms with Gasteiger partial charge in [-0.25, -0.2) is 9.18 Å². The molecule has 0 aliphatic heterocycles. The zero-order valence-corrected chi connectivity index (χ0v) is 11.3. The van der Waals surface area contributed by atoms with Gasteiger partial charge in [0.25, 0.3) is 0 Å². The Labute approximate surface area is 115 Å². The highest BCUT2D eigenvalue weighted by atomic mass is 35.5. The van der Waals surface area contributed by atoms with E-state index in [-0.39, 0.29) is 23.9 Å². The van der Waals surface area contributed by atoms with Crippen LogP contribution in [0.15, 0.2) is 18.2 Å². The third-order valence-electron chi connectivity index (χ3n) is 2.40. The fraction of sp³-hybridized carbons (Fsp3) is 0.417. The standard InChI is InChI=1S/C12H16ClFN2O3/c1-19-7-5-16(4-6-17)12(18)15-11-3-2-9(13)8-10(11)14/h2-3,8,17H,4-7H2,1H3,(H,15,18). The van der Waals surface area contributed by atoms with E-state index in [0.29, 0.717) is 13.2 Å². The number of urea groups is 1. The number of aliphatic hydroxyl groups excluding tert-OH is 1. The van der Waals surface area contributed by atoms with Crippen LogP contribution < -0.4 is 5.32 Å². The van der Waals surface area contributed by atoms with Crippen LogP contribution in [-0.4, -0.2) is 49.5 Å². The minimum atomic E-state index is -0.614. The van der Waals surface area contributed by atoms with Gasteiger partial charge in [0.2, 0.25) is 0 Å². The van der Waals surface area contributed by atoms with Gasteiger partial charge in [0, 0.05) is 25.2 Å². The average Bonchev–Trinajstić information content (AvgIpc) is 2.37. The smallest absolute Gasteiger partial charge is 0.322 e. The molecule has 0 radical (unpaired) electrons. The lowest BCUT2D eigenvalue weighted by atomic mass is 10.3. The largest absolute Gasteiger partial charge is 0.395 e. The predicted molar refractivity (Wildman–Crippen MR) is 71.0 cm³/mol. The van der Waals surface area contributed by atoms with Gasteiger partial charge >= 0.3 is 6.03 Å². The van der Waals surface area contributed by atoms with E-state index in [1.165, 1.54) is 24.1 Å². The highest BCUT2D eigenvalue weighted by Gasteiger charge is 2.14. The van der Waals surface area contributed by atoms with E-state index < -0.39 is 11.8 Å². The van der Waals surface area contributed by atoms with E-state index >= 15 is 0 Å². The highest BCUT2D eigenvalue weighted by molar-refractivity contribution is 6.30. The molecule has 0 bridgehead atoms. The number of amides is 2. The molecule has 0 aliphatic carbocycles. The van der Waals surface area contributed by atoms with Crippen LogP contribution in [0.2, 0.25) is 5.02 Å². The van der Waals surface area contributed by atoms with Crippen LogP contribution in [0.4, 0.5) is 14.9 Å². The Morgan fingerprint density at radius 2 is 2.26 bits per heavy atom. The van der Waals surface area contributed by atoms with E-state index in [9.17, 15) is 9.18 Å². The molecule has 1 aromatic rings. The summed E-state index contributed by atoms with van der Waals surface area (Å²) < 4.78 is 18.4. The monoisotopic (exact) mass is 290 g/mol. The van der Waals surface area contributed by atoms with E-state index in [1.54, 1.807) is 0 Å². The number of benzene rings is 1. The first-order chi connectivity index (χ1) is 9.08. The van der Waals surface area contributed by atoms with Crippen molar-refractivity contribution in [3.8, 4) is 0 Å². The summed E-state index contributed by atoms with van der Waals surface area (Å²) in [6.07, 6.45) is 0. The van der Waals surface area contributed by atoms with Crippen molar-refractivity contribution in [2.45, 2.75) is 0 Å². The van der Waals surface area contributed by atoms with Crippen molar-refractivity contribution in [1.82, 2.24) is 4.90 Å². The lowest BCUT2D eigenvalue weighted by Gasteiger charge is -2.21. The number of anilines is 1. The van der Waals surface area contributed by atoms with Crippen molar-refractivity contribution in [2.75, 3.05) is 38.7 Å². The number of carbonyl (C=O) groups excluding carboxylic acids is 1. The number of hydrogen-bond donors (Lipinski definition) is 2. The van der Waals surface area contributed by atoms with Gasteiger partial charge in [0.1, 0.15) is 5.82 Å². The second-order valence-corrected chi connectivity index (χ2v) is 4.19. The van der Waals surface area contributed by atoms with E-state index in [0.717, 1.165) is 6.07 Å². The predicted octanol–water partition coefficient (Wildman–Crippen LogP) is 1.95. The summed E-state index contributed by atoms with van der Waals surface area (Å²) in [5.74, 6) is -0.614. The van der Waals surface area contributed by atoms with Gasteiger partial charge < -0.3 is 20.1 Å². The molecular weight excluding hydrogens is 275 g/mol. The molecule has 5 nitrogen and oxygen atoms in total. The van der Waals surface area contributed by atoms with Crippen molar-refractivity contribution in [3.05, 3.63) is 29.0 Å². The molecule has 19 heavy (non-hydrogen) atoms. The minimum Gasteiger partial charge on any atom is -0.395 e. The molecule has 0 saturated carbocycles. The molecule has 106 valence electrons. The van der Waals surface area contributed by atoms with Crippen LogP contribution in [-0.2, 0) is 4.74 Å². The number of rotatable bonds is 6. The number of carbonyl (C=O) groups is 1. The van der Waals surface area contributed by atoms with Crippen molar-refractivity contribution < 1.29 is 19.0 Å². The van der Waals surface area contributed by atoms with Crippen LogP contribution in [0.5, 0.6) is 0 Å². The first-order valence-corrected chi connectivity index (χ1v) is 6.07. The van der Waals surface area contributed by atoms with Crippen LogP contribution in [0, 0.1) is 5.82 Å². The molecule has 0 heterocycles. The molecule has 1 rings (SSSR count). The SMILES string of the molecule is COCCN(CCO)C(=O)Nc1ccc(Cl)cc1F. The number of halogens is 2. The molecule has 7 heteroatoms. The first-order valence-electron chi connectivity index (χ1n) is 5.69. The lowest BCUT2D eigenvalue weighted by molar-refractivity contribution is 0.142. The fourth-order valence-corrected chi connectivity index (χ4v) is 1.58. The Balaban J connectivity index is 2.69. The maximum absolute atomic E-state index is 13.5. The summed E-state index contributed by atoms with van der Waals surface area (Å²) >= 11 is 5.62. The maximum Gasteiger partial charge on any atom is 0.322 e. The average molecular weight is 291 g/mol. The summed E-state index contributed by atoms with van der Waals surface area (Å²) in [4.78, 5) is 13.2. The van der Waals surface area contributed by atoms with Crippen LogP contribution >= 0.6 is 11.6 Å². The Kier molecular flexibility index (Phi) is 6.55. The van der Waals surface area contributed by atoms with Crippen molar-refractivity contribution >= 4 is 23.3 Å². The summed E-state index contributed by atoms with van der Waals surface area (Å²) in [6, 6.07) is 3.46. The van der Waals surface area contributed by atoms with E-state index in [4.69, 9.17) is 21.4 Å². The second-order valence-electron chi connectivity index (χ2n) is 3.76. The molecular formula is C12H16ClFN2O3. The zero-order chi connectivity index (χ0) is 14.3. The van der Waals surface area contributed by atoms with Crippen LogP contribution in [0.3, 0.4) is 0 Å². The van der Waals surface area contributed by atoms with Gasteiger partial charge in [0.05, 0.1) is 18.9 Å². The van der Waals surface area contributed by atoms with Crippen molar-refractivity contribution in [3.63, 3.8) is 0 Å². The molecule has 0 fully saturated rings. The molecule has 1 aromatic carbocycles. The second kappa shape index (κ2) is 7.93. The Morgan fingerprint density at radius 1 is 1.53 bits per heavy atom. The topological polar surface area (TPSA) is 61.8 Å². The number of aliphatic hydroxyl groups is 1. The van der Waals surface area contributed by atoms with Gasteiger partial charge in [-0.2, -0.15) is 0 Å². The Hall–Kier alpha value is -1.37. The number of nitrogens with zero attached hydrogens (tertiary/aromatic N) is 1. The van der Waals surface area contributed by atoms with Crippen molar-refractivity contribution in [2.24, 2.45) is 0 Å². The molecule has 0 atom stereocenters. The molecule has 2 N–H and O–H groups in total. The van der Waals surface area contributed by atoms with E-state index in [1.807, 2.05) is 0 Å². The molecule has 0 spiro atoms. The number of ether oxygens (including phenoxy) is 1. The van der Waals surface area contributed by atoms with Gasteiger partial charge in [-0.05, 0) is 18.2 Å². The zero-order valence-electron chi connectivity index (χ0n) is 10.5. The quantitative estimate of drug-likeness (QED) is 0.842. The number of methoxy groups -OCH3 is 1. The first kappa shape index (κ1) is 15.7. The highest BCUT2D eigenvalue weighted by Crippen LogP contribution is 2.19. The van der Waals surface area contributed by atoms with E-state index in [2.05, 4.69) is 5.32 Å². The van der Waals surface area contributed by atoms with Crippen molar-refractivity contribution in [1.29, 1.82) is 0 Å². The fourth-order valence-electron chi connectivity index (χ4n) is 1.42. The van der Waals surface area contributed by atoms with Gasteiger partial charge in [0.15, 0.2) is 0 Å². The number of hydrogen-bond acceptors (Lipinski definition) is 3. The summed E-state index contributed by atoms with van der Waals surface area (Å²) in [7, 11) is 1.51. The third kappa shape index (κ3) is 5.02. The van der Waals surface area contributed by atoms with Crippen LogP contribution in [0.25, 0.3) is 0 Å². The van der Waals surface area contributed by atoms with Crippen LogP contribution in [0.1, 0.15) is 0 Å². The summed E-state index contributed by atoms with van der Waals surface area (Å²) in [5, 5.41) is 11.6. The Morgan fingerprint density at radius 3 is 2.84 bits per heavy atom. The van der Waals surface area contributed by atoms with Gasteiger partial charge in [-0.15, -0.1) is 0 Å². The molecule has 2 amide bonds. The van der Waals surface area contributed by atoms with Gasteiger partial charge in [-0.3, -0.25) is 0 Å². The van der Waals surface area contributed by atoms with Gasteiger partial charge in [-0.1, -0.05) is 11.6 Å². The maximum atomic E-state index is 13.5. The normalized spacial score (nSPS) is 10.3. The molecule has 0 unspecified atom stereocenters. The molecule has 0 saturated heterocycles.